The van der Waals surface area contributed by atoms with Crippen LogP contribution in [0.5, 0.6) is 0 Å². The highest BCUT2D eigenvalue weighted by molar-refractivity contribution is 5.84. The highest BCUT2D eigenvalue weighted by atomic mass is 14.7. The van der Waals surface area contributed by atoms with Crippen molar-refractivity contribution in [2.24, 2.45) is 5.41 Å². The van der Waals surface area contributed by atoms with Gasteiger partial charge in [-0.2, -0.15) is 0 Å². The van der Waals surface area contributed by atoms with Gasteiger partial charge in [0.1, 0.15) is 0 Å². The summed E-state index contributed by atoms with van der Waals surface area (Å²) in [5.41, 5.74) is 5.75. The SMILES string of the molecule is CC1(C)C=CC2=C(C=C1)c1cc[nH]c1C2. The minimum Gasteiger partial charge on any atom is -0.364 e. The van der Waals surface area contributed by atoms with Crippen LogP contribution in [-0.4, -0.2) is 4.98 Å². The summed E-state index contributed by atoms with van der Waals surface area (Å²) in [4.78, 5) is 3.31. The number of nitrogens with one attached hydrogen (secondary N) is 1. The lowest BCUT2D eigenvalue weighted by atomic mass is 9.92. The summed E-state index contributed by atoms with van der Waals surface area (Å²) >= 11 is 0. The van der Waals surface area contributed by atoms with Gasteiger partial charge in [-0.15, -0.1) is 0 Å². The fourth-order valence-corrected chi connectivity index (χ4v) is 2.28. The molecule has 0 fully saturated rings. The average Bonchev–Trinajstić information content (AvgIpc) is 2.68. The van der Waals surface area contributed by atoms with Crippen LogP contribution in [-0.2, 0) is 6.42 Å². The highest BCUT2D eigenvalue weighted by Crippen LogP contribution is 2.37. The van der Waals surface area contributed by atoms with Crippen LogP contribution in [0.2, 0.25) is 0 Å². The molecule has 0 saturated heterocycles. The zero-order chi connectivity index (χ0) is 10.5. The van der Waals surface area contributed by atoms with Gasteiger partial charge in [-0.25, -0.2) is 0 Å². The molecule has 2 aliphatic carbocycles. The molecular weight excluding hydrogens is 182 g/mol. The molecule has 0 atom stereocenters. The highest BCUT2D eigenvalue weighted by Gasteiger charge is 2.22. The molecule has 1 aromatic rings. The van der Waals surface area contributed by atoms with E-state index in [-0.39, 0.29) is 5.41 Å². The standard InChI is InChI=1S/C14H15N/c1-14(2)6-3-10-9-13-12(5-8-15-13)11(10)4-7-14/h3-8,15H,9H2,1-2H3. The zero-order valence-electron chi connectivity index (χ0n) is 9.17. The minimum absolute atomic E-state index is 0.181. The minimum atomic E-state index is 0.181. The molecule has 1 nitrogen and oxygen atoms in total. The summed E-state index contributed by atoms with van der Waals surface area (Å²) in [5, 5.41) is 0. The summed E-state index contributed by atoms with van der Waals surface area (Å²) in [6, 6.07) is 2.17. The van der Waals surface area contributed by atoms with Gasteiger partial charge in [0.2, 0.25) is 0 Å². The second kappa shape index (κ2) is 2.75. The molecule has 0 aliphatic heterocycles. The van der Waals surface area contributed by atoms with E-state index in [0.717, 1.165) is 6.42 Å². The zero-order valence-corrected chi connectivity index (χ0v) is 9.17. The molecule has 1 heteroatoms. The maximum Gasteiger partial charge on any atom is 0.0271 e. The van der Waals surface area contributed by atoms with E-state index in [9.17, 15) is 0 Å². The molecule has 0 radical (unpaired) electrons. The first kappa shape index (κ1) is 8.78. The molecule has 0 saturated carbocycles. The van der Waals surface area contributed by atoms with Crippen LogP contribution in [0.4, 0.5) is 0 Å². The average molecular weight is 197 g/mol. The van der Waals surface area contributed by atoms with Crippen molar-refractivity contribution in [2.45, 2.75) is 20.3 Å². The van der Waals surface area contributed by atoms with Crippen LogP contribution in [0, 0.1) is 5.41 Å². The van der Waals surface area contributed by atoms with Gasteiger partial charge in [0.25, 0.3) is 0 Å². The Morgan fingerprint density at radius 3 is 2.87 bits per heavy atom. The molecule has 15 heavy (non-hydrogen) atoms. The predicted molar refractivity (Wildman–Crippen MR) is 63.5 cm³/mol. The summed E-state index contributed by atoms with van der Waals surface area (Å²) in [6.07, 6.45) is 12.2. The van der Waals surface area contributed by atoms with Crippen LogP contribution in [0.25, 0.3) is 5.57 Å². The van der Waals surface area contributed by atoms with Crippen molar-refractivity contribution in [1.29, 1.82) is 0 Å². The van der Waals surface area contributed by atoms with Crippen molar-refractivity contribution < 1.29 is 0 Å². The molecule has 2 aliphatic rings. The van der Waals surface area contributed by atoms with Crippen LogP contribution >= 0.6 is 0 Å². The number of allylic oxidation sites excluding steroid dienone is 6. The van der Waals surface area contributed by atoms with Crippen LogP contribution < -0.4 is 0 Å². The number of hydrogen-bond acceptors (Lipinski definition) is 0. The van der Waals surface area contributed by atoms with E-state index < -0.39 is 0 Å². The number of aromatic amines is 1. The second-order valence-electron chi connectivity index (χ2n) is 4.97. The Kier molecular flexibility index (Phi) is 1.61. The fraction of sp³-hybridized carbons (Fsp3) is 0.286. The molecule has 0 unspecified atom stereocenters. The number of aromatic nitrogens is 1. The van der Waals surface area contributed by atoms with E-state index in [2.05, 4.69) is 49.2 Å². The third-order valence-corrected chi connectivity index (χ3v) is 3.23. The Morgan fingerprint density at radius 1 is 1.20 bits per heavy atom. The maximum absolute atomic E-state index is 3.31. The Hall–Kier alpha value is -1.50. The molecule has 1 aromatic heterocycles. The third kappa shape index (κ3) is 1.30. The molecule has 3 rings (SSSR count). The molecule has 0 bridgehead atoms. The maximum atomic E-state index is 3.31. The van der Waals surface area contributed by atoms with Crippen molar-refractivity contribution in [3.63, 3.8) is 0 Å². The van der Waals surface area contributed by atoms with Gasteiger partial charge in [-0.1, -0.05) is 38.2 Å². The quantitative estimate of drug-likeness (QED) is 0.655. The van der Waals surface area contributed by atoms with E-state index >= 15 is 0 Å². The summed E-state index contributed by atoms with van der Waals surface area (Å²) in [5.74, 6) is 0. The number of hydrogen-bond donors (Lipinski definition) is 1. The first-order chi connectivity index (χ1) is 7.16. The van der Waals surface area contributed by atoms with Gasteiger partial charge in [-0.05, 0) is 17.2 Å². The Bertz CT molecular complexity index is 495. The lowest BCUT2D eigenvalue weighted by Crippen LogP contribution is -2.01. The van der Waals surface area contributed by atoms with Crippen LogP contribution in [0.1, 0.15) is 25.1 Å². The Balaban J connectivity index is 2.12. The van der Waals surface area contributed by atoms with E-state index in [1.807, 2.05) is 6.20 Å². The monoisotopic (exact) mass is 197 g/mol. The smallest absolute Gasteiger partial charge is 0.0271 e. The first-order valence-corrected chi connectivity index (χ1v) is 5.44. The van der Waals surface area contributed by atoms with Gasteiger partial charge in [-0.3, -0.25) is 0 Å². The van der Waals surface area contributed by atoms with Gasteiger partial charge in [0, 0.05) is 29.3 Å². The number of H-pyrrole nitrogens is 1. The molecule has 0 spiro atoms. The van der Waals surface area contributed by atoms with Crippen molar-refractivity contribution in [3.8, 4) is 0 Å². The predicted octanol–water partition coefficient (Wildman–Crippen LogP) is 3.48. The van der Waals surface area contributed by atoms with Gasteiger partial charge < -0.3 is 4.98 Å². The third-order valence-electron chi connectivity index (χ3n) is 3.23. The van der Waals surface area contributed by atoms with Gasteiger partial charge >= 0.3 is 0 Å². The van der Waals surface area contributed by atoms with Gasteiger partial charge in [0.15, 0.2) is 0 Å². The van der Waals surface area contributed by atoms with Crippen molar-refractivity contribution in [3.05, 3.63) is 53.4 Å². The summed E-state index contributed by atoms with van der Waals surface area (Å²) < 4.78 is 0. The first-order valence-electron chi connectivity index (χ1n) is 5.44. The Labute approximate surface area is 90.2 Å². The number of rotatable bonds is 0. The summed E-state index contributed by atoms with van der Waals surface area (Å²) in [6.45, 7) is 4.47. The molecule has 76 valence electrons. The normalized spacial score (nSPS) is 21.5. The topological polar surface area (TPSA) is 15.8 Å². The molecule has 0 amide bonds. The van der Waals surface area contributed by atoms with Gasteiger partial charge in [0.05, 0.1) is 0 Å². The van der Waals surface area contributed by atoms with Crippen molar-refractivity contribution >= 4 is 5.57 Å². The van der Waals surface area contributed by atoms with E-state index in [0.29, 0.717) is 0 Å². The van der Waals surface area contributed by atoms with E-state index in [4.69, 9.17) is 0 Å². The summed E-state index contributed by atoms with van der Waals surface area (Å²) in [7, 11) is 0. The largest absolute Gasteiger partial charge is 0.364 e. The lowest BCUT2D eigenvalue weighted by Gasteiger charge is -2.12. The fourth-order valence-electron chi connectivity index (χ4n) is 2.28. The second-order valence-corrected chi connectivity index (χ2v) is 4.97. The molecule has 1 heterocycles. The Morgan fingerprint density at radius 2 is 2.00 bits per heavy atom. The molecule has 0 aromatic carbocycles. The van der Waals surface area contributed by atoms with E-state index in [1.54, 1.807) is 0 Å². The lowest BCUT2D eigenvalue weighted by molar-refractivity contribution is 0.627. The number of fused-ring (bicyclic) bond motifs is 2. The van der Waals surface area contributed by atoms with Crippen LogP contribution in [0.15, 0.2) is 42.1 Å². The van der Waals surface area contributed by atoms with Crippen LogP contribution in [0.3, 0.4) is 0 Å². The molecule has 1 N–H and O–H groups in total. The van der Waals surface area contributed by atoms with Crippen molar-refractivity contribution in [2.75, 3.05) is 0 Å². The van der Waals surface area contributed by atoms with E-state index in [1.165, 1.54) is 22.4 Å². The van der Waals surface area contributed by atoms with Crippen molar-refractivity contribution in [1.82, 2.24) is 4.98 Å². The molecular formula is C14H15N.